The minimum atomic E-state index is -0.0707. The quantitative estimate of drug-likeness (QED) is 0.918. The van der Waals surface area contributed by atoms with Crippen LogP contribution in [0.3, 0.4) is 0 Å². The maximum absolute atomic E-state index is 11.9. The van der Waals surface area contributed by atoms with Crippen LogP contribution in [0.2, 0.25) is 5.02 Å². The second-order valence-corrected chi connectivity index (χ2v) is 5.56. The monoisotopic (exact) mass is 281 g/mol. The number of halogens is 1. The normalized spacial score (nSPS) is 22.8. The zero-order chi connectivity index (χ0) is 13.7. The van der Waals surface area contributed by atoms with Crippen molar-refractivity contribution in [3.05, 3.63) is 29.3 Å². The minimum absolute atomic E-state index is 0.0208. The van der Waals surface area contributed by atoms with Crippen LogP contribution in [0.1, 0.15) is 32.6 Å². The number of amides is 1. The highest BCUT2D eigenvalue weighted by Gasteiger charge is 2.22. The Labute approximate surface area is 119 Å². The van der Waals surface area contributed by atoms with Crippen molar-refractivity contribution in [3.63, 3.8) is 0 Å². The van der Waals surface area contributed by atoms with Gasteiger partial charge in [0.25, 0.3) is 5.91 Å². The van der Waals surface area contributed by atoms with Crippen LogP contribution < -0.4 is 10.1 Å². The smallest absolute Gasteiger partial charge is 0.258 e. The fourth-order valence-electron chi connectivity index (χ4n) is 2.48. The molecular formula is C15H20ClNO2. The molecule has 0 heterocycles. The summed E-state index contributed by atoms with van der Waals surface area (Å²) >= 11 is 5.97. The summed E-state index contributed by atoms with van der Waals surface area (Å²) in [4.78, 5) is 11.9. The number of rotatable bonds is 4. The van der Waals surface area contributed by atoms with Gasteiger partial charge in [0.05, 0.1) is 5.02 Å². The summed E-state index contributed by atoms with van der Waals surface area (Å²) in [5.74, 6) is 1.03. The maximum Gasteiger partial charge on any atom is 0.258 e. The fraction of sp³-hybridized carbons (Fsp3) is 0.533. The largest absolute Gasteiger partial charge is 0.482 e. The molecule has 2 atom stereocenters. The zero-order valence-corrected chi connectivity index (χ0v) is 12.0. The van der Waals surface area contributed by atoms with Gasteiger partial charge in [-0.1, -0.05) is 43.5 Å². The molecular weight excluding hydrogens is 262 g/mol. The molecule has 0 saturated heterocycles. The Morgan fingerprint density at radius 2 is 2.11 bits per heavy atom. The molecule has 1 fully saturated rings. The lowest BCUT2D eigenvalue weighted by molar-refractivity contribution is -0.124. The number of benzene rings is 1. The maximum atomic E-state index is 11.9. The van der Waals surface area contributed by atoms with Gasteiger partial charge in [0, 0.05) is 6.04 Å². The lowest BCUT2D eigenvalue weighted by atomic mass is 9.86. The Bertz CT molecular complexity index is 436. The van der Waals surface area contributed by atoms with E-state index in [-0.39, 0.29) is 18.6 Å². The fourth-order valence-corrected chi connectivity index (χ4v) is 2.67. The second-order valence-electron chi connectivity index (χ2n) is 5.15. The highest BCUT2D eigenvalue weighted by molar-refractivity contribution is 6.32. The molecule has 1 amide bonds. The van der Waals surface area contributed by atoms with E-state index in [0.29, 0.717) is 16.7 Å². The summed E-state index contributed by atoms with van der Waals surface area (Å²) in [6, 6.07) is 7.47. The Hall–Kier alpha value is -1.22. The Morgan fingerprint density at radius 3 is 2.84 bits per heavy atom. The first-order valence-electron chi connectivity index (χ1n) is 6.83. The SMILES string of the molecule is C[C@H]1CCCC[C@@H]1NC(=O)COc1ccccc1Cl. The van der Waals surface area contributed by atoms with Gasteiger partial charge in [-0.25, -0.2) is 0 Å². The van der Waals surface area contributed by atoms with Crippen LogP contribution in [-0.2, 0) is 4.79 Å². The molecule has 1 aliphatic rings. The minimum Gasteiger partial charge on any atom is -0.482 e. The molecule has 1 aliphatic carbocycles. The standard InChI is InChI=1S/C15H20ClNO2/c1-11-6-2-4-8-13(11)17-15(18)10-19-14-9-5-3-7-12(14)16/h3,5,7,9,11,13H,2,4,6,8,10H2,1H3,(H,17,18)/t11-,13-/m0/s1. The molecule has 0 aliphatic heterocycles. The summed E-state index contributed by atoms with van der Waals surface area (Å²) in [5.41, 5.74) is 0. The molecule has 0 aromatic heterocycles. The van der Waals surface area contributed by atoms with Crippen molar-refractivity contribution >= 4 is 17.5 Å². The van der Waals surface area contributed by atoms with Crippen LogP contribution in [0, 0.1) is 5.92 Å². The molecule has 1 saturated carbocycles. The molecule has 3 nitrogen and oxygen atoms in total. The predicted molar refractivity (Wildman–Crippen MR) is 76.5 cm³/mol. The number of ether oxygens (including phenoxy) is 1. The number of hydrogen-bond acceptors (Lipinski definition) is 2. The first kappa shape index (κ1) is 14.2. The number of carbonyl (C=O) groups excluding carboxylic acids is 1. The molecule has 0 spiro atoms. The molecule has 4 heteroatoms. The van der Waals surface area contributed by atoms with E-state index in [1.165, 1.54) is 19.3 Å². The highest BCUT2D eigenvalue weighted by atomic mass is 35.5. The van der Waals surface area contributed by atoms with Gasteiger partial charge >= 0.3 is 0 Å². The Kier molecular flexibility index (Phi) is 5.08. The van der Waals surface area contributed by atoms with Crippen molar-refractivity contribution in [3.8, 4) is 5.75 Å². The van der Waals surface area contributed by atoms with Crippen LogP contribution in [0.5, 0.6) is 5.75 Å². The summed E-state index contributed by atoms with van der Waals surface area (Å²) in [6.07, 6.45) is 4.72. The molecule has 1 aromatic carbocycles. The summed E-state index contributed by atoms with van der Waals surface area (Å²) in [7, 11) is 0. The van der Waals surface area contributed by atoms with Crippen molar-refractivity contribution < 1.29 is 9.53 Å². The third-order valence-corrected chi connectivity index (χ3v) is 3.97. The molecule has 0 unspecified atom stereocenters. The van der Waals surface area contributed by atoms with E-state index in [4.69, 9.17) is 16.3 Å². The van der Waals surface area contributed by atoms with Crippen LogP contribution in [0.4, 0.5) is 0 Å². The highest BCUT2D eigenvalue weighted by Crippen LogP contribution is 2.24. The van der Waals surface area contributed by atoms with Crippen molar-refractivity contribution in [2.45, 2.75) is 38.6 Å². The van der Waals surface area contributed by atoms with Crippen molar-refractivity contribution in [2.75, 3.05) is 6.61 Å². The average Bonchev–Trinajstić information content (AvgIpc) is 2.40. The van der Waals surface area contributed by atoms with E-state index in [1.54, 1.807) is 12.1 Å². The van der Waals surface area contributed by atoms with Crippen molar-refractivity contribution in [1.82, 2.24) is 5.32 Å². The average molecular weight is 282 g/mol. The zero-order valence-electron chi connectivity index (χ0n) is 11.2. The third-order valence-electron chi connectivity index (χ3n) is 3.65. The van der Waals surface area contributed by atoms with E-state index in [0.717, 1.165) is 6.42 Å². The van der Waals surface area contributed by atoms with Crippen LogP contribution in [0.15, 0.2) is 24.3 Å². The van der Waals surface area contributed by atoms with E-state index < -0.39 is 0 Å². The first-order valence-corrected chi connectivity index (χ1v) is 7.21. The number of nitrogens with one attached hydrogen (secondary N) is 1. The summed E-state index contributed by atoms with van der Waals surface area (Å²) in [5, 5.41) is 3.58. The van der Waals surface area contributed by atoms with Crippen LogP contribution >= 0.6 is 11.6 Å². The topological polar surface area (TPSA) is 38.3 Å². The first-order chi connectivity index (χ1) is 9.16. The molecule has 0 bridgehead atoms. The van der Waals surface area contributed by atoms with Gasteiger partial charge in [-0.3, -0.25) is 4.79 Å². The van der Waals surface area contributed by atoms with Gasteiger partial charge in [0.1, 0.15) is 5.75 Å². The molecule has 2 rings (SSSR count). The predicted octanol–water partition coefficient (Wildman–Crippen LogP) is 3.41. The number of para-hydroxylation sites is 1. The van der Waals surface area contributed by atoms with Gasteiger partial charge in [-0.15, -0.1) is 0 Å². The summed E-state index contributed by atoms with van der Waals surface area (Å²) < 4.78 is 5.43. The van der Waals surface area contributed by atoms with E-state index in [1.807, 2.05) is 12.1 Å². The van der Waals surface area contributed by atoms with Crippen molar-refractivity contribution in [1.29, 1.82) is 0 Å². The van der Waals surface area contributed by atoms with Gasteiger partial charge < -0.3 is 10.1 Å². The Balaban J connectivity index is 1.80. The second kappa shape index (κ2) is 6.80. The van der Waals surface area contributed by atoms with E-state index in [2.05, 4.69) is 12.2 Å². The molecule has 1 N–H and O–H groups in total. The van der Waals surface area contributed by atoms with Gasteiger partial charge in [-0.05, 0) is 30.9 Å². The van der Waals surface area contributed by atoms with Gasteiger partial charge in [0.2, 0.25) is 0 Å². The van der Waals surface area contributed by atoms with Crippen LogP contribution in [0.25, 0.3) is 0 Å². The Morgan fingerprint density at radius 1 is 1.37 bits per heavy atom. The molecule has 19 heavy (non-hydrogen) atoms. The van der Waals surface area contributed by atoms with Gasteiger partial charge in [0.15, 0.2) is 6.61 Å². The van der Waals surface area contributed by atoms with E-state index in [9.17, 15) is 4.79 Å². The molecule has 104 valence electrons. The summed E-state index contributed by atoms with van der Waals surface area (Å²) in [6.45, 7) is 2.21. The number of carbonyl (C=O) groups is 1. The van der Waals surface area contributed by atoms with Crippen LogP contribution in [-0.4, -0.2) is 18.6 Å². The third kappa shape index (κ3) is 4.13. The van der Waals surface area contributed by atoms with Crippen molar-refractivity contribution in [2.24, 2.45) is 5.92 Å². The molecule has 1 aromatic rings. The molecule has 0 radical (unpaired) electrons. The van der Waals surface area contributed by atoms with E-state index >= 15 is 0 Å². The number of hydrogen-bond donors (Lipinski definition) is 1. The van der Waals surface area contributed by atoms with Gasteiger partial charge in [-0.2, -0.15) is 0 Å². The lowest BCUT2D eigenvalue weighted by Crippen LogP contribution is -2.43. The lowest BCUT2D eigenvalue weighted by Gasteiger charge is -2.29.